The average Bonchev–Trinajstić information content (AvgIpc) is 2.79. The van der Waals surface area contributed by atoms with Gasteiger partial charge in [-0.15, -0.1) is 0 Å². The molecular formula is C17H20O2. The molecule has 1 aromatic carbocycles. The van der Waals surface area contributed by atoms with Crippen LogP contribution in [0.15, 0.2) is 30.3 Å². The van der Waals surface area contributed by atoms with Gasteiger partial charge in [0.1, 0.15) is 0 Å². The Labute approximate surface area is 113 Å². The third-order valence-corrected chi connectivity index (χ3v) is 6.07. The van der Waals surface area contributed by atoms with E-state index in [1.807, 2.05) is 0 Å². The quantitative estimate of drug-likeness (QED) is 0.900. The van der Waals surface area contributed by atoms with Gasteiger partial charge in [-0.05, 0) is 61.3 Å². The van der Waals surface area contributed by atoms with Crippen LogP contribution in [0, 0.1) is 29.1 Å². The minimum atomic E-state index is -0.514. The molecule has 4 bridgehead atoms. The Morgan fingerprint density at radius 2 is 2.00 bits per heavy atom. The van der Waals surface area contributed by atoms with Crippen LogP contribution in [-0.2, 0) is 11.2 Å². The van der Waals surface area contributed by atoms with Crippen LogP contribution in [0.5, 0.6) is 0 Å². The zero-order chi connectivity index (χ0) is 13.0. The lowest BCUT2D eigenvalue weighted by atomic mass is 9.73. The van der Waals surface area contributed by atoms with Crippen molar-refractivity contribution in [1.29, 1.82) is 0 Å². The van der Waals surface area contributed by atoms with Gasteiger partial charge in [0.05, 0.1) is 5.41 Å². The predicted molar refractivity (Wildman–Crippen MR) is 72.6 cm³/mol. The van der Waals surface area contributed by atoms with E-state index >= 15 is 0 Å². The molecule has 0 aromatic heterocycles. The van der Waals surface area contributed by atoms with Crippen molar-refractivity contribution in [2.24, 2.45) is 29.1 Å². The van der Waals surface area contributed by atoms with Crippen LogP contribution in [0.3, 0.4) is 0 Å². The summed E-state index contributed by atoms with van der Waals surface area (Å²) in [5.41, 5.74) is 1.02. The Morgan fingerprint density at radius 3 is 2.74 bits per heavy atom. The molecule has 4 saturated carbocycles. The second-order valence-electron chi connectivity index (χ2n) is 6.93. The van der Waals surface area contributed by atoms with E-state index < -0.39 is 5.97 Å². The minimum Gasteiger partial charge on any atom is -0.481 e. The number of aliphatic carboxylic acids is 1. The van der Waals surface area contributed by atoms with Crippen LogP contribution in [0.2, 0.25) is 0 Å². The molecule has 1 N–H and O–H groups in total. The highest BCUT2D eigenvalue weighted by Crippen LogP contribution is 2.68. The largest absolute Gasteiger partial charge is 0.481 e. The number of carboxylic acid groups (broad SMARTS) is 1. The van der Waals surface area contributed by atoms with E-state index in [1.54, 1.807) is 0 Å². The van der Waals surface area contributed by atoms with Crippen molar-refractivity contribution >= 4 is 5.97 Å². The van der Waals surface area contributed by atoms with Gasteiger partial charge in [-0.25, -0.2) is 0 Å². The molecule has 0 heterocycles. The Balaban J connectivity index is 1.64. The molecule has 1 aromatic rings. The first-order chi connectivity index (χ1) is 9.19. The first kappa shape index (κ1) is 11.5. The molecule has 5 atom stereocenters. The van der Waals surface area contributed by atoms with Gasteiger partial charge >= 0.3 is 5.97 Å². The van der Waals surface area contributed by atoms with Crippen LogP contribution >= 0.6 is 0 Å². The smallest absolute Gasteiger partial charge is 0.309 e. The van der Waals surface area contributed by atoms with Gasteiger partial charge in [0.2, 0.25) is 0 Å². The van der Waals surface area contributed by atoms with E-state index in [9.17, 15) is 9.90 Å². The second kappa shape index (κ2) is 3.84. The van der Waals surface area contributed by atoms with Gasteiger partial charge in [0, 0.05) is 0 Å². The van der Waals surface area contributed by atoms with E-state index in [-0.39, 0.29) is 5.41 Å². The molecule has 2 heteroatoms. The van der Waals surface area contributed by atoms with Gasteiger partial charge in [-0.3, -0.25) is 4.79 Å². The highest BCUT2D eigenvalue weighted by molar-refractivity contribution is 5.76. The first-order valence-electron chi connectivity index (χ1n) is 7.46. The predicted octanol–water partition coefficient (Wildman–Crippen LogP) is 3.37. The maximum atomic E-state index is 11.8. The van der Waals surface area contributed by atoms with Gasteiger partial charge in [0.25, 0.3) is 0 Å². The topological polar surface area (TPSA) is 37.3 Å². The number of rotatable bonds is 3. The summed E-state index contributed by atoms with van der Waals surface area (Å²) >= 11 is 0. The molecule has 0 saturated heterocycles. The monoisotopic (exact) mass is 256 g/mol. The third kappa shape index (κ3) is 1.52. The van der Waals surface area contributed by atoms with E-state index in [0.717, 1.165) is 19.3 Å². The molecule has 5 unspecified atom stereocenters. The summed E-state index contributed by atoms with van der Waals surface area (Å²) in [7, 11) is 0. The summed E-state index contributed by atoms with van der Waals surface area (Å²) in [6.45, 7) is 0. The third-order valence-electron chi connectivity index (χ3n) is 6.07. The molecule has 0 radical (unpaired) electrons. The van der Waals surface area contributed by atoms with Crippen molar-refractivity contribution in [1.82, 2.24) is 0 Å². The number of benzene rings is 1. The molecule has 0 spiro atoms. The van der Waals surface area contributed by atoms with Gasteiger partial charge < -0.3 is 5.11 Å². The Kier molecular flexibility index (Phi) is 2.33. The van der Waals surface area contributed by atoms with Gasteiger partial charge in [0.15, 0.2) is 0 Å². The average molecular weight is 256 g/mol. The molecule has 4 fully saturated rings. The Hall–Kier alpha value is -1.31. The van der Waals surface area contributed by atoms with Crippen LogP contribution in [0.4, 0.5) is 0 Å². The molecule has 100 valence electrons. The summed E-state index contributed by atoms with van der Waals surface area (Å²) in [6, 6.07) is 10.6. The molecular weight excluding hydrogens is 236 g/mol. The number of hydrogen-bond donors (Lipinski definition) is 1. The molecule has 19 heavy (non-hydrogen) atoms. The second-order valence-corrected chi connectivity index (χ2v) is 6.93. The number of carboxylic acids is 1. The Morgan fingerprint density at radius 1 is 1.21 bits per heavy atom. The first-order valence-corrected chi connectivity index (χ1v) is 7.46. The summed E-state index contributed by atoms with van der Waals surface area (Å²) < 4.78 is 0. The highest BCUT2D eigenvalue weighted by Gasteiger charge is 2.65. The lowest BCUT2D eigenvalue weighted by molar-refractivity contribution is -0.151. The van der Waals surface area contributed by atoms with E-state index in [1.165, 1.54) is 18.4 Å². The summed E-state index contributed by atoms with van der Waals surface area (Å²) in [6.07, 6.45) is 5.43. The van der Waals surface area contributed by atoms with Gasteiger partial charge in [-0.2, -0.15) is 0 Å². The Bertz CT molecular complexity index is 509. The zero-order valence-electron chi connectivity index (χ0n) is 11.1. The van der Waals surface area contributed by atoms with Crippen LogP contribution in [0.25, 0.3) is 0 Å². The van der Waals surface area contributed by atoms with E-state index in [0.29, 0.717) is 23.7 Å². The maximum absolute atomic E-state index is 11.8. The normalized spacial score (nSPS) is 42.7. The fraction of sp³-hybridized carbons (Fsp3) is 0.588. The maximum Gasteiger partial charge on any atom is 0.309 e. The van der Waals surface area contributed by atoms with Gasteiger partial charge in [-0.1, -0.05) is 30.3 Å². The van der Waals surface area contributed by atoms with E-state index in [4.69, 9.17) is 0 Å². The summed E-state index contributed by atoms with van der Waals surface area (Å²) in [4.78, 5) is 11.8. The lowest BCUT2D eigenvalue weighted by Crippen LogP contribution is -2.32. The van der Waals surface area contributed by atoms with Crippen molar-refractivity contribution in [2.75, 3.05) is 0 Å². The molecule has 0 amide bonds. The van der Waals surface area contributed by atoms with Crippen molar-refractivity contribution in [3.63, 3.8) is 0 Å². The highest BCUT2D eigenvalue weighted by atomic mass is 16.4. The van der Waals surface area contributed by atoms with Crippen LogP contribution in [-0.4, -0.2) is 11.1 Å². The lowest BCUT2D eigenvalue weighted by Gasteiger charge is -2.32. The van der Waals surface area contributed by atoms with Crippen molar-refractivity contribution in [3.05, 3.63) is 35.9 Å². The fourth-order valence-electron chi connectivity index (χ4n) is 5.50. The van der Waals surface area contributed by atoms with Crippen molar-refractivity contribution in [2.45, 2.75) is 32.1 Å². The zero-order valence-corrected chi connectivity index (χ0v) is 11.1. The molecule has 5 rings (SSSR count). The number of hydrogen-bond acceptors (Lipinski definition) is 1. The fourth-order valence-corrected chi connectivity index (χ4v) is 5.50. The van der Waals surface area contributed by atoms with E-state index in [2.05, 4.69) is 30.3 Å². The standard InChI is InChI=1S/C17H20O2/c18-16(19)17-9-12-6-13(10-17)14(15(17)8-12)7-11-4-2-1-3-5-11/h1-5,12-15H,6-10H2,(H,18,19). The SMILES string of the molecule is O=C(O)C12CC3CC(C1)C(Cc1ccccc1)C2C3. The molecule has 4 aliphatic carbocycles. The molecule has 0 aliphatic heterocycles. The molecule has 4 aliphatic rings. The minimum absolute atomic E-state index is 0.354. The van der Waals surface area contributed by atoms with Crippen molar-refractivity contribution in [3.8, 4) is 0 Å². The summed E-state index contributed by atoms with van der Waals surface area (Å²) in [5.74, 6) is 1.90. The molecule has 2 nitrogen and oxygen atoms in total. The van der Waals surface area contributed by atoms with Crippen LogP contribution in [0.1, 0.15) is 31.2 Å². The number of carbonyl (C=O) groups is 1. The summed E-state index contributed by atoms with van der Waals surface area (Å²) in [5, 5.41) is 9.70. The van der Waals surface area contributed by atoms with Crippen molar-refractivity contribution < 1.29 is 9.90 Å². The van der Waals surface area contributed by atoms with Crippen LogP contribution < -0.4 is 0 Å².